The highest BCUT2D eigenvalue weighted by Crippen LogP contribution is 2.53. The number of pyridine rings is 1. The number of para-hydroxylation sites is 2. The second-order valence-corrected chi connectivity index (χ2v) is 19.2. The second-order valence-electron chi connectivity index (χ2n) is 19.2. The van der Waals surface area contributed by atoms with Crippen LogP contribution in [0.15, 0.2) is 194 Å². The monoisotopic (exact) mass is 833 g/mol. The molecule has 0 aliphatic heterocycles. The average molecular weight is 834 g/mol. The van der Waals surface area contributed by atoms with Gasteiger partial charge in [0.15, 0.2) is 0 Å². The molecule has 2 aromatic heterocycles. The normalized spacial score (nSPS) is 15.4. The van der Waals surface area contributed by atoms with Crippen LogP contribution in [0.1, 0.15) is 62.8 Å². The number of benzene rings is 8. The van der Waals surface area contributed by atoms with Crippen LogP contribution in [0, 0.1) is 0 Å². The minimum absolute atomic E-state index is 0.0815. The van der Waals surface area contributed by atoms with Gasteiger partial charge in [-0.1, -0.05) is 167 Å². The molecule has 0 amide bonds. The Hall–Kier alpha value is -7.62. The molecule has 0 saturated carbocycles. The molecule has 0 bridgehead atoms. The Bertz CT molecular complexity index is 3690. The average Bonchev–Trinajstić information content (AvgIpc) is 3.93. The molecule has 0 saturated heterocycles. The Labute approximate surface area is 380 Å². The molecule has 0 unspecified atom stereocenters. The summed E-state index contributed by atoms with van der Waals surface area (Å²) in [6, 6.07) is 64.7. The van der Waals surface area contributed by atoms with Gasteiger partial charge < -0.3 is 0 Å². The number of imidazole rings is 1. The quantitative estimate of drug-likeness (QED) is 0.162. The summed E-state index contributed by atoms with van der Waals surface area (Å²) < 4.78 is 2.27. The van der Waals surface area contributed by atoms with Gasteiger partial charge in [0.05, 0.1) is 22.2 Å². The van der Waals surface area contributed by atoms with Crippen LogP contribution in [0.3, 0.4) is 0 Å². The molecule has 2 heterocycles. The molecule has 3 heteroatoms. The van der Waals surface area contributed by atoms with Crippen LogP contribution in [-0.2, 0) is 10.8 Å². The van der Waals surface area contributed by atoms with E-state index >= 15 is 0 Å². The van der Waals surface area contributed by atoms with Crippen molar-refractivity contribution in [3.8, 4) is 61.7 Å². The van der Waals surface area contributed by atoms with E-state index in [-0.39, 0.29) is 10.8 Å². The number of rotatable bonds is 5. The van der Waals surface area contributed by atoms with E-state index in [1.165, 1.54) is 72.2 Å². The molecule has 3 aliphatic carbocycles. The Morgan fingerprint density at radius 2 is 1.11 bits per heavy atom. The summed E-state index contributed by atoms with van der Waals surface area (Å²) in [6.45, 7) is 9.54. The Balaban J connectivity index is 1.02. The minimum atomic E-state index is -0.0978. The molecular weight excluding hydrogens is 787 g/mol. The molecule has 8 aromatic carbocycles. The Kier molecular flexibility index (Phi) is 8.13. The molecule has 65 heavy (non-hydrogen) atoms. The van der Waals surface area contributed by atoms with Gasteiger partial charge in [-0.3, -0.25) is 4.57 Å². The molecule has 13 rings (SSSR count). The molecule has 0 spiro atoms. The first-order valence-electron chi connectivity index (χ1n) is 23.0. The largest absolute Gasteiger partial charge is 0.292 e. The summed E-state index contributed by atoms with van der Waals surface area (Å²) in [5, 5.41) is 3.52. The first kappa shape index (κ1) is 37.9. The van der Waals surface area contributed by atoms with Crippen molar-refractivity contribution >= 4 is 38.3 Å². The van der Waals surface area contributed by atoms with Gasteiger partial charge in [-0.25, -0.2) is 9.97 Å². The molecule has 3 aliphatic rings. The lowest BCUT2D eigenvalue weighted by Gasteiger charge is -2.24. The molecule has 3 nitrogen and oxygen atoms in total. The lowest BCUT2D eigenvalue weighted by atomic mass is 9.79. The van der Waals surface area contributed by atoms with Crippen LogP contribution in [0.5, 0.6) is 0 Å². The summed E-state index contributed by atoms with van der Waals surface area (Å²) in [4.78, 5) is 10.7. The van der Waals surface area contributed by atoms with E-state index in [0.717, 1.165) is 68.5 Å². The van der Waals surface area contributed by atoms with E-state index in [1.54, 1.807) is 0 Å². The Morgan fingerprint density at radius 3 is 1.92 bits per heavy atom. The van der Waals surface area contributed by atoms with Gasteiger partial charge in [0.25, 0.3) is 0 Å². The van der Waals surface area contributed by atoms with E-state index in [4.69, 9.17) is 9.97 Å². The highest BCUT2D eigenvalue weighted by atomic mass is 15.1. The summed E-state index contributed by atoms with van der Waals surface area (Å²) >= 11 is 0. The first-order valence-corrected chi connectivity index (χ1v) is 23.0. The lowest BCUT2D eigenvalue weighted by molar-refractivity contribution is 0.651. The van der Waals surface area contributed by atoms with E-state index in [1.807, 2.05) is 0 Å². The van der Waals surface area contributed by atoms with Gasteiger partial charge in [-0.05, 0) is 134 Å². The third-order valence-electron chi connectivity index (χ3n) is 14.9. The van der Waals surface area contributed by atoms with Crippen molar-refractivity contribution in [1.82, 2.24) is 14.5 Å². The maximum absolute atomic E-state index is 5.63. The summed E-state index contributed by atoms with van der Waals surface area (Å²) in [5.41, 5.74) is 23.2. The minimum Gasteiger partial charge on any atom is -0.292 e. The van der Waals surface area contributed by atoms with Crippen molar-refractivity contribution in [3.63, 3.8) is 0 Å². The predicted molar refractivity (Wildman–Crippen MR) is 272 cm³/mol. The van der Waals surface area contributed by atoms with Crippen LogP contribution >= 0.6 is 0 Å². The van der Waals surface area contributed by atoms with Crippen molar-refractivity contribution in [1.29, 1.82) is 0 Å². The standard InChI is InChI=1S/C62H47N3/c1-61(2)52-22-12-10-19-44(52)46-32-28-40(34-54(46)61)49-36-51-50(41-29-33-47-45-20-11-13-23-53(45)62(3,4)55(47)35-41)37-57(63-59(51)48-21-9-8-18-43(48)49)38-26-30-42(31-27-38)65-58-25-15-14-24-56(58)64-60(65)39-16-6-5-7-17-39/h5-10,12-19,21-37H,11,20H2,1-4H3. The zero-order valence-corrected chi connectivity index (χ0v) is 37.2. The van der Waals surface area contributed by atoms with Gasteiger partial charge in [0.2, 0.25) is 0 Å². The van der Waals surface area contributed by atoms with Crippen molar-refractivity contribution < 1.29 is 0 Å². The lowest BCUT2D eigenvalue weighted by Crippen LogP contribution is -2.16. The molecule has 0 N–H and O–H groups in total. The van der Waals surface area contributed by atoms with Crippen molar-refractivity contribution in [3.05, 3.63) is 216 Å². The van der Waals surface area contributed by atoms with Crippen LogP contribution in [0.4, 0.5) is 0 Å². The van der Waals surface area contributed by atoms with E-state index < -0.39 is 0 Å². The van der Waals surface area contributed by atoms with Crippen LogP contribution < -0.4 is 0 Å². The number of nitrogens with zero attached hydrogens (tertiary/aromatic N) is 3. The summed E-state index contributed by atoms with van der Waals surface area (Å²) in [5.74, 6) is 0.926. The molecule has 10 aromatic rings. The summed E-state index contributed by atoms with van der Waals surface area (Å²) in [7, 11) is 0. The number of allylic oxidation sites excluding steroid dienone is 4. The van der Waals surface area contributed by atoms with E-state index in [9.17, 15) is 0 Å². The highest BCUT2D eigenvalue weighted by Gasteiger charge is 2.38. The Morgan fingerprint density at radius 1 is 0.462 bits per heavy atom. The molecule has 0 atom stereocenters. The zero-order chi connectivity index (χ0) is 43.6. The smallest absolute Gasteiger partial charge is 0.145 e. The maximum atomic E-state index is 5.63. The van der Waals surface area contributed by atoms with Crippen LogP contribution in [0.25, 0.3) is 100.0 Å². The van der Waals surface area contributed by atoms with Crippen molar-refractivity contribution in [2.24, 2.45) is 0 Å². The van der Waals surface area contributed by atoms with Gasteiger partial charge in [-0.2, -0.15) is 0 Å². The maximum Gasteiger partial charge on any atom is 0.145 e. The third kappa shape index (κ3) is 5.61. The number of fused-ring (bicyclic) bond motifs is 9. The number of hydrogen-bond acceptors (Lipinski definition) is 2. The van der Waals surface area contributed by atoms with Crippen molar-refractivity contribution in [2.45, 2.75) is 51.4 Å². The molecule has 310 valence electrons. The third-order valence-corrected chi connectivity index (χ3v) is 14.9. The molecule has 0 radical (unpaired) electrons. The fourth-order valence-corrected chi connectivity index (χ4v) is 11.6. The SMILES string of the molecule is CC1(C)C2=C(CCC=C2)c2ccc(-c3cc(-c4ccc(-n5c(-c6ccccc6)nc6ccccc65)cc4)nc4c3cc(-c3ccc5c(c3)C(C)(C)c3ccccc3-5)c3ccccc34)cc21. The second kappa shape index (κ2) is 13.9. The number of hydrogen-bond donors (Lipinski definition) is 0. The number of aromatic nitrogens is 3. The van der Waals surface area contributed by atoms with Crippen LogP contribution in [0.2, 0.25) is 0 Å². The van der Waals surface area contributed by atoms with Gasteiger partial charge in [0, 0.05) is 38.4 Å². The highest BCUT2D eigenvalue weighted by molar-refractivity contribution is 6.16. The van der Waals surface area contributed by atoms with Crippen LogP contribution in [-0.4, -0.2) is 14.5 Å². The zero-order valence-electron chi connectivity index (χ0n) is 37.2. The fourth-order valence-electron chi connectivity index (χ4n) is 11.6. The fraction of sp³-hybridized carbons (Fsp3) is 0.129. The predicted octanol–water partition coefficient (Wildman–Crippen LogP) is 16.1. The molecule has 0 fully saturated rings. The first-order chi connectivity index (χ1) is 31.7. The van der Waals surface area contributed by atoms with E-state index in [0.29, 0.717) is 0 Å². The molecular formula is C62H47N3. The van der Waals surface area contributed by atoms with E-state index in [2.05, 4.69) is 220 Å². The topological polar surface area (TPSA) is 30.7 Å². The summed E-state index contributed by atoms with van der Waals surface area (Å²) in [6.07, 6.45) is 6.93. The van der Waals surface area contributed by atoms with Crippen molar-refractivity contribution in [2.75, 3.05) is 0 Å². The van der Waals surface area contributed by atoms with Gasteiger partial charge in [0.1, 0.15) is 5.82 Å². The van der Waals surface area contributed by atoms with Gasteiger partial charge >= 0.3 is 0 Å². The van der Waals surface area contributed by atoms with Gasteiger partial charge in [-0.15, -0.1) is 0 Å².